The van der Waals surface area contributed by atoms with Gasteiger partial charge in [0.1, 0.15) is 6.61 Å². The first-order chi connectivity index (χ1) is 10.2. The molecule has 2 rings (SSSR count). The van der Waals surface area contributed by atoms with E-state index in [1.807, 2.05) is 24.3 Å². The summed E-state index contributed by atoms with van der Waals surface area (Å²) in [6.45, 7) is 1.65. The van der Waals surface area contributed by atoms with Crippen molar-refractivity contribution in [2.24, 2.45) is 0 Å². The van der Waals surface area contributed by atoms with Crippen LogP contribution in [0, 0.1) is 11.8 Å². The maximum Gasteiger partial charge on any atom is 0.317 e. The van der Waals surface area contributed by atoms with Crippen LogP contribution in [0.1, 0.15) is 17.5 Å². The number of carbonyl (C=O) groups excluding carboxylic acids is 1. The minimum absolute atomic E-state index is 0.0997. The van der Waals surface area contributed by atoms with Gasteiger partial charge in [0.05, 0.1) is 12.6 Å². The number of hydrogen-bond acceptors (Lipinski definition) is 3. The number of carbonyl (C=O) groups is 1. The van der Waals surface area contributed by atoms with Crippen LogP contribution in [0.25, 0.3) is 0 Å². The molecule has 2 N–H and O–H groups in total. The smallest absolute Gasteiger partial charge is 0.317 e. The lowest BCUT2D eigenvalue weighted by atomic mass is 10.1. The number of rotatable bonds is 3. The summed E-state index contributed by atoms with van der Waals surface area (Å²) in [7, 11) is 1.76. The Hall–Kier alpha value is -2.03. The van der Waals surface area contributed by atoms with E-state index in [1.54, 1.807) is 11.9 Å². The van der Waals surface area contributed by atoms with Gasteiger partial charge in [-0.1, -0.05) is 24.0 Å². The van der Waals surface area contributed by atoms with Crippen molar-refractivity contribution in [3.63, 3.8) is 0 Å². The van der Waals surface area contributed by atoms with Gasteiger partial charge < -0.3 is 20.1 Å². The Kier molecular flexibility index (Phi) is 5.61. The number of urea groups is 1. The largest absolute Gasteiger partial charge is 0.384 e. The van der Waals surface area contributed by atoms with E-state index in [1.165, 1.54) is 0 Å². The highest BCUT2D eigenvalue weighted by atomic mass is 16.5. The monoisotopic (exact) mass is 288 g/mol. The molecule has 1 atom stereocenters. The summed E-state index contributed by atoms with van der Waals surface area (Å²) in [6.07, 6.45) is 0.867. The molecule has 1 aliphatic rings. The van der Waals surface area contributed by atoms with Crippen molar-refractivity contribution >= 4 is 6.03 Å². The molecule has 1 saturated heterocycles. The molecule has 112 valence electrons. The quantitative estimate of drug-likeness (QED) is 0.814. The third kappa shape index (κ3) is 4.78. The maximum atomic E-state index is 12.1. The fraction of sp³-hybridized carbons (Fsp3) is 0.438. The zero-order chi connectivity index (χ0) is 15.1. The first-order valence-corrected chi connectivity index (χ1v) is 6.97. The predicted octanol–water partition coefficient (Wildman–Crippen LogP) is 0.961. The van der Waals surface area contributed by atoms with Crippen molar-refractivity contribution in [1.82, 2.24) is 10.2 Å². The molecule has 1 unspecified atom stereocenters. The van der Waals surface area contributed by atoms with Crippen molar-refractivity contribution in [2.45, 2.75) is 19.0 Å². The molecule has 0 radical (unpaired) electrons. The summed E-state index contributed by atoms with van der Waals surface area (Å²) in [5.41, 5.74) is 1.83. The van der Waals surface area contributed by atoms with Crippen molar-refractivity contribution in [2.75, 3.05) is 26.9 Å². The van der Waals surface area contributed by atoms with Crippen LogP contribution in [0.15, 0.2) is 24.3 Å². The van der Waals surface area contributed by atoms with E-state index in [9.17, 15) is 4.79 Å². The van der Waals surface area contributed by atoms with E-state index in [4.69, 9.17) is 9.84 Å². The summed E-state index contributed by atoms with van der Waals surface area (Å²) in [4.78, 5) is 13.7. The topological polar surface area (TPSA) is 61.8 Å². The third-order valence-electron chi connectivity index (χ3n) is 3.26. The molecule has 1 fully saturated rings. The summed E-state index contributed by atoms with van der Waals surface area (Å²) in [6, 6.07) is 7.66. The molecule has 0 aliphatic carbocycles. The number of ether oxygens (including phenoxy) is 1. The zero-order valence-corrected chi connectivity index (χ0v) is 12.1. The number of nitrogens with zero attached hydrogens (tertiary/aromatic N) is 1. The molecule has 1 aromatic carbocycles. The van der Waals surface area contributed by atoms with Crippen LogP contribution >= 0.6 is 0 Å². The molecule has 2 amide bonds. The fourth-order valence-corrected chi connectivity index (χ4v) is 2.17. The molecule has 1 aromatic rings. The Morgan fingerprint density at radius 2 is 2.43 bits per heavy atom. The lowest BCUT2D eigenvalue weighted by Gasteiger charge is -2.20. The van der Waals surface area contributed by atoms with E-state index in [0.29, 0.717) is 19.8 Å². The second-order valence-corrected chi connectivity index (χ2v) is 5.03. The van der Waals surface area contributed by atoms with E-state index in [0.717, 1.165) is 17.5 Å². The third-order valence-corrected chi connectivity index (χ3v) is 3.26. The lowest BCUT2D eigenvalue weighted by Crippen LogP contribution is -2.43. The number of aliphatic hydroxyl groups excluding tert-OH is 1. The van der Waals surface area contributed by atoms with E-state index >= 15 is 0 Å². The SMILES string of the molecule is CN(Cc1cccc(C#CCO)c1)C(=O)NC1CCOC1. The summed E-state index contributed by atoms with van der Waals surface area (Å²) in [5, 5.41) is 11.7. The summed E-state index contributed by atoms with van der Waals surface area (Å²) < 4.78 is 5.24. The van der Waals surface area contributed by atoms with Crippen LogP contribution in [0.4, 0.5) is 4.79 Å². The highest BCUT2D eigenvalue weighted by Crippen LogP contribution is 2.08. The molecule has 1 heterocycles. The van der Waals surface area contributed by atoms with Gasteiger partial charge in [0.15, 0.2) is 0 Å². The number of aliphatic hydroxyl groups is 1. The normalized spacial score (nSPS) is 17.0. The minimum atomic E-state index is -0.157. The van der Waals surface area contributed by atoms with Gasteiger partial charge in [0.25, 0.3) is 0 Å². The molecule has 0 bridgehead atoms. The molecule has 1 aliphatic heterocycles. The van der Waals surface area contributed by atoms with E-state index in [-0.39, 0.29) is 18.7 Å². The lowest BCUT2D eigenvalue weighted by molar-refractivity contribution is 0.181. The summed E-state index contributed by atoms with van der Waals surface area (Å²) in [5.74, 6) is 5.48. The van der Waals surface area contributed by atoms with Crippen LogP contribution in [-0.4, -0.2) is 48.9 Å². The molecule has 0 aromatic heterocycles. The van der Waals surface area contributed by atoms with Crippen LogP contribution in [-0.2, 0) is 11.3 Å². The van der Waals surface area contributed by atoms with Gasteiger partial charge in [-0.3, -0.25) is 0 Å². The van der Waals surface area contributed by atoms with E-state index < -0.39 is 0 Å². The Morgan fingerprint density at radius 3 is 3.14 bits per heavy atom. The molecule has 5 nitrogen and oxygen atoms in total. The zero-order valence-electron chi connectivity index (χ0n) is 12.1. The van der Waals surface area contributed by atoms with E-state index in [2.05, 4.69) is 17.2 Å². The first kappa shape index (κ1) is 15.4. The second kappa shape index (κ2) is 7.67. The maximum absolute atomic E-state index is 12.1. The van der Waals surface area contributed by atoms with Crippen LogP contribution in [0.5, 0.6) is 0 Å². The van der Waals surface area contributed by atoms with Crippen molar-refractivity contribution in [3.05, 3.63) is 35.4 Å². The minimum Gasteiger partial charge on any atom is -0.384 e. The Morgan fingerprint density at radius 1 is 1.57 bits per heavy atom. The van der Waals surface area contributed by atoms with Crippen LogP contribution in [0.3, 0.4) is 0 Å². The highest BCUT2D eigenvalue weighted by Gasteiger charge is 2.19. The average molecular weight is 288 g/mol. The van der Waals surface area contributed by atoms with Gasteiger partial charge in [0, 0.05) is 25.8 Å². The summed E-state index contributed by atoms with van der Waals surface area (Å²) >= 11 is 0. The van der Waals surface area contributed by atoms with Gasteiger partial charge in [0.2, 0.25) is 0 Å². The predicted molar refractivity (Wildman–Crippen MR) is 79.6 cm³/mol. The van der Waals surface area contributed by atoms with Gasteiger partial charge in [-0.2, -0.15) is 0 Å². The van der Waals surface area contributed by atoms with Crippen molar-refractivity contribution in [1.29, 1.82) is 0 Å². The Bertz CT molecular complexity index is 542. The number of hydrogen-bond donors (Lipinski definition) is 2. The average Bonchev–Trinajstić information content (AvgIpc) is 2.98. The number of benzene rings is 1. The molecule has 21 heavy (non-hydrogen) atoms. The first-order valence-electron chi connectivity index (χ1n) is 6.97. The van der Waals surface area contributed by atoms with Crippen molar-refractivity contribution in [3.8, 4) is 11.8 Å². The fourth-order valence-electron chi connectivity index (χ4n) is 2.17. The molecular weight excluding hydrogens is 268 g/mol. The Labute approximate surface area is 124 Å². The van der Waals surface area contributed by atoms with Gasteiger partial charge in [-0.05, 0) is 24.1 Å². The highest BCUT2D eigenvalue weighted by molar-refractivity contribution is 5.74. The second-order valence-electron chi connectivity index (χ2n) is 5.03. The number of nitrogens with one attached hydrogen (secondary N) is 1. The van der Waals surface area contributed by atoms with Gasteiger partial charge in [-0.15, -0.1) is 0 Å². The Balaban J connectivity index is 1.91. The molecule has 5 heteroatoms. The van der Waals surface area contributed by atoms with Crippen molar-refractivity contribution < 1.29 is 14.6 Å². The molecule has 0 saturated carbocycles. The molecular formula is C16H20N2O3. The van der Waals surface area contributed by atoms with Gasteiger partial charge >= 0.3 is 6.03 Å². The molecule has 0 spiro atoms. The van der Waals surface area contributed by atoms with Crippen LogP contribution < -0.4 is 5.32 Å². The van der Waals surface area contributed by atoms with Crippen LogP contribution in [0.2, 0.25) is 0 Å². The van der Waals surface area contributed by atoms with Gasteiger partial charge in [-0.25, -0.2) is 4.79 Å². The standard InChI is InChI=1S/C16H20N2O3/c1-18(16(20)17-15-7-9-21-12-15)11-14-5-2-4-13(10-14)6-3-8-19/h2,4-5,10,15,19H,7-9,11-12H2,1H3,(H,17,20). The number of amides is 2.